The largest absolute Gasteiger partial charge is 1.00 e. The van der Waals surface area contributed by atoms with Crippen molar-refractivity contribution in [1.82, 2.24) is 4.90 Å². The fourth-order valence-electron chi connectivity index (χ4n) is 8.14. The van der Waals surface area contributed by atoms with Crippen LogP contribution in [0.15, 0.2) is 0 Å². The molecule has 0 rings (SSSR count). The van der Waals surface area contributed by atoms with Crippen molar-refractivity contribution in [3.05, 3.63) is 0 Å². The number of carbonyl (C=O) groups is 1. The van der Waals surface area contributed by atoms with E-state index in [0.29, 0.717) is 0 Å². The van der Waals surface area contributed by atoms with Crippen LogP contribution in [0.5, 0.6) is 0 Å². The van der Waals surface area contributed by atoms with Gasteiger partial charge in [0.15, 0.2) is 0 Å². The summed E-state index contributed by atoms with van der Waals surface area (Å²) in [5.74, 6) is -0.910. The van der Waals surface area contributed by atoms with E-state index in [9.17, 15) is 9.90 Å². The van der Waals surface area contributed by atoms with Gasteiger partial charge < -0.3 is 9.90 Å². The van der Waals surface area contributed by atoms with Crippen molar-refractivity contribution in [2.24, 2.45) is 0 Å². The average Bonchev–Trinajstić information content (AvgIpc) is 3.14. The van der Waals surface area contributed by atoms with Gasteiger partial charge in [0.05, 0.1) is 5.97 Å². The minimum absolute atomic E-state index is 0. The molecule has 3 nitrogen and oxygen atoms in total. The first-order valence-electron chi connectivity index (χ1n) is 24.6. The van der Waals surface area contributed by atoms with Crippen molar-refractivity contribution < 1.29 is 61.3 Å². The Morgan fingerprint density at radius 2 is 0.491 bits per heavy atom. The van der Waals surface area contributed by atoms with Crippen molar-refractivity contribution >= 4 is 5.97 Å². The molecule has 1 atom stereocenters. The molecular weight excluding hydrogens is 674 g/mol. The van der Waals surface area contributed by atoms with Crippen molar-refractivity contribution in [2.75, 3.05) is 13.1 Å². The number of nitrogens with zero attached hydrogens (tertiary/aromatic N) is 1. The standard InChI is InChI=1S/C49H99NO2.K/c1-4-6-8-10-12-14-16-18-20-22-24-26-28-30-32-34-36-38-40-42-44-46-50(48(3)49(51)52)47-45-43-41-39-37-35-33-31-29-27-25-23-21-19-17-15-13-11-9-7-5-2;/h48H,4-47H2,1-3H3,(H,51,52);/q;+1/p-1. The monoisotopic (exact) mass is 772 g/mol. The topological polar surface area (TPSA) is 43.4 Å². The zero-order valence-corrected chi connectivity index (χ0v) is 40.6. The number of unbranched alkanes of at least 4 members (excludes halogenated alkanes) is 40. The van der Waals surface area contributed by atoms with E-state index >= 15 is 0 Å². The van der Waals surface area contributed by atoms with Gasteiger partial charge in [0, 0.05) is 6.04 Å². The van der Waals surface area contributed by atoms with E-state index in [4.69, 9.17) is 0 Å². The van der Waals surface area contributed by atoms with Crippen LogP contribution in [0.25, 0.3) is 0 Å². The number of hydrogen-bond donors (Lipinski definition) is 0. The average molecular weight is 772 g/mol. The van der Waals surface area contributed by atoms with Gasteiger partial charge in [-0.15, -0.1) is 0 Å². The first kappa shape index (κ1) is 56.2. The van der Waals surface area contributed by atoms with E-state index in [1.807, 2.05) is 6.92 Å². The predicted octanol–water partition coefficient (Wildman–Crippen LogP) is 12.9. The molecule has 0 spiro atoms. The second kappa shape index (κ2) is 49.2. The molecule has 0 aromatic carbocycles. The molecule has 0 aliphatic carbocycles. The van der Waals surface area contributed by atoms with Crippen LogP contribution in [0.3, 0.4) is 0 Å². The summed E-state index contributed by atoms with van der Waals surface area (Å²) in [5.41, 5.74) is 0. The van der Waals surface area contributed by atoms with Crippen LogP contribution >= 0.6 is 0 Å². The van der Waals surface area contributed by atoms with Gasteiger partial charge in [-0.1, -0.05) is 271 Å². The van der Waals surface area contributed by atoms with E-state index in [1.54, 1.807) is 0 Å². The van der Waals surface area contributed by atoms with E-state index in [1.165, 1.54) is 257 Å². The van der Waals surface area contributed by atoms with Gasteiger partial charge in [-0.25, -0.2) is 0 Å². The number of aliphatic carboxylic acids is 1. The molecule has 0 aromatic heterocycles. The molecule has 0 N–H and O–H groups in total. The molecule has 1 unspecified atom stereocenters. The molecule has 4 heteroatoms. The molecule has 0 fully saturated rings. The molecule has 0 saturated carbocycles. The summed E-state index contributed by atoms with van der Waals surface area (Å²) in [6.07, 6.45) is 58.7. The third-order valence-corrected chi connectivity index (χ3v) is 12.0. The van der Waals surface area contributed by atoms with Crippen molar-refractivity contribution in [3.8, 4) is 0 Å². The van der Waals surface area contributed by atoms with Crippen LogP contribution in [0, 0.1) is 0 Å². The summed E-state index contributed by atoms with van der Waals surface area (Å²) in [5, 5.41) is 11.6. The molecule has 0 aliphatic heterocycles. The third kappa shape index (κ3) is 45.6. The maximum Gasteiger partial charge on any atom is 1.00 e. The Bertz CT molecular complexity index is 627. The Hall–Kier alpha value is 1.07. The first-order chi connectivity index (χ1) is 25.6. The number of carboxylic acid groups (broad SMARTS) is 1. The minimum Gasteiger partial charge on any atom is -0.548 e. The van der Waals surface area contributed by atoms with Crippen LogP contribution in [0.2, 0.25) is 0 Å². The van der Waals surface area contributed by atoms with Gasteiger partial charge in [0.2, 0.25) is 0 Å². The van der Waals surface area contributed by atoms with E-state index in [-0.39, 0.29) is 51.4 Å². The number of hydrogen-bond acceptors (Lipinski definition) is 3. The Kier molecular flexibility index (Phi) is 52.2. The Labute approximate surface area is 378 Å². The fourth-order valence-corrected chi connectivity index (χ4v) is 8.14. The van der Waals surface area contributed by atoms with E-state index in [0.717, 1.165) is 25.9 Å². The summed E-state index contributed by atoms with van der Waals surface area (Å²) in [6.45, 7) is 8.24. The quantitative estimate of drug-likeness (QED) is 0.0457. The summed E-state index contributed by atoms with van der Waals surface area (Å²) >= 11 is 0. The Morgan fingerprint density at radius 3 is 0.642 bits per heavy atom. The van der Waals surface area contributed by atoms with Crippen LogP contribution < -0.4 is 56.5 Å². The van der Waals surface area contributed by atoms with Gasteiger partial charge in [-0.05, 0) is 32.9 Å². The molecule has 53 heavy (non-hydrogen) atoms. The van der Waals surface area contributed by atoms with Crippen molar-refractivity contribution in [1.29, 1.82) is 0 Å². The van der Waals surface area contributed by atoms with Crippen molar-refractivity contribution in [3.63, 3.8) is 0 Å². The van der Waals surface area contributed by atoms with Crippen LogP contribution in [-0.4, -0.2) is 30.0 Å². The summed E-state index contributed by atoms with van der Waals surface area (Å²) in [6, 6.07) is -0.463. The molecule has 0 aromatic rings. The number of rotatable bonds is 46. The molecule has 0 radical (unpaired) electrons. The first-order valence-corrected chi connectivity index (χ1v) is 24.6. The maximum absolute atomic E-state index is 11.6. The van der Waals surface area contributed by atoms with E-state index < -0.39 is 12.0 Å². The molecule has 0 aliphatic rings. The van der Waals surface area contributed by atoms with Gasteiger partial charge in [-0.2, -0.15) is 0 Å². The summed E-state index contributed by atoms with van der Waals surface area (Å²) in [4.78, 5) is 13.8. The molecule has 0 saturated heterocycles. The normalized spacial score (nSPS) is 12.1. The number of carboxylic acids is 1. The van der Waals surface area contributed by atoms with Gasteiger partial charge in [0.1, 0.15) is 0 Å². The van der Waals surface area contributed by atoms with Gasteiger partial charge >= 0.3 is 51.4 Å². The number of carbonyl (C=O) groups excluding carboxylic acids is 1. The Balaban J connectivity index is 0. The van der Waals surface area contributed by atoms with E-state index in [2.05, 4.69) is 18.7 Å². The van der Waals surface area contributed by atoms with Crippen molar-refractivity contribution in [2.45, 2.75) is 296 Å². The smallest absolute Gasteiger partial charge is 0.548 e. The second-order valence-corrected chi connectivity index (χ2v) is 17.2. The molecular formula is C49H98KNO2. The third-order valence-electron chi connectivity index (χ3n) is 12.0. The molecule has 0 amide bonds. The van der Waals surface area contributed by atoms with Crippen LogP contribution in [0.4, 0.5) is 0 Å². The zero-order valence-electron chi connectivity index (χ0n) is 37.5. The van der Waals surface area contributed by atoms with Crippen LogP contribution in [0.1, 0.15) is 290 Å². The fraction of sp³-hybridized carbons (Fsp3) is 0.980. The van der Waals surface area contributed by atoms with Crippen LogP contribution in [-0.2, 0) is 4.79 Å². The summed E-state index contributed by atoms with van der Waals surface area (Å²) in [7, 11) is 0. The molecule has 312 valence electrons. The van der Waals surface area contributed by atoms with Gasteiger partial charge in [0.25, 0.3) is 0 Å². The zero-order chi connectivity index (χ0) is 37.8. The van der Waals surface area contributed by atoms with Gasteiger partial charge in [-0.3, -0.25) is 4.90 Å². The molecule has 0 bridgehead atoms. The summed E-state index contributed by atoms with van der Waals surface area (Å²) < 4.78 is 0. The Morgan fingerprint density at radius 1 is 0.340 bits per heavy atom. The minimum atomic E-state index is -0.910. The predicted molar refractivity (Wildman–Crippen MR) is 231 cm³/mol. The second-order valence-electron chi connectivity index (χ2n) is 17.2. The SMILES string of the molecule is CCCCCCCCCCCCCCCCCCCCCCCN(CCCCCCCCCCCCCCCCCCCCCCC)C(C)C(=O)[O-].[K+]. The maximum atomic E-state index is 11.6. The molecule has 0 heterocycles.